The minimum Gasteiger partial charge on any atom is -0.365 e. The van der Waals surface area contributed by atoms with E-state index in [0.717, 1.165) is 11.4 Å². The van der Waals surface area contributed by atoms with Gasteiger partial charge in [-0.3, -0.25) is 9.79 Å². The van der Waals surface area contributed by atoms with Crippen molar-refractivity contribution in [2.24, 2.45) is 4.99 Å². The van der Waals surface area contributed by atoms with Crippen LogP contribution < -0.4 is 5.32 Å². The van der Waals surface area contributed by atoms with Gasteiger partial charge in [-0.25, -0.2) is 0 Å². The van der Waals surface area contributed by atoms with Gasteiger partial charge in [0.15, 0.2) is 0 Å². The summed E-state index contributed by atoms with van der Waals surface area (Å²) in [5.41, 5.74) is 1.00. The first kappa shape index (κ1) is 14.4. The average Bonchev–Trinajstić information content (AvgIpc) is 2.27. The molecule has 0 aliphatic heterocycles. The van der Waals surface area contributed by atoms with Gasteiger partial charge in [-0.2, -0.15) is 0 Å². The highest BCUT2D eigenvalue weighted by Gasteiger charge is 2.13. The van der Waals surface area contributed by atoms with Crippen molar-refractivity contribution in [1.29, 1.82) is 0 Å². The zero-order valence-electron chi connectivity index (χ0n) is 11.7. The number of carbonyl (C=O) groups is 1. The van der Waals surface area contributed by atoms with E-state index >= 15 is 0 Å². The molecule has 1 N–H and O–H groups in total. The van der Waals surface area contributed by atoms with E-state index in [2.05, 4.69) is 31.1 Å². The minimum absolute atomic E-state index is 0.0507. The Bertz CT molecular complexity index is 416. The van der Waals surface area contributed by atoms with Gasteiger partial charge < -0.3 is 5.32 Å². The summed E-state index contributed by atoms with van der Waals surface area (Å²) < 4.78 is 0. The first-order chi connectivity index (χ1) is 8.38. The molecular weight excluding hydrogens is 224 g/mol. The van der Waals surface area contributed by atoms with Crippen molar-refractivity contribution in [3.63, 3.8) is 0 Å². The van der Waals surface area contributed by atoms with Gasteiger partial charge in [-0.1, -0.05) is 30.3 Å². The Morgan fingerprint density at radius 2 is 1.83 bits per heavy atom. The van der Waals surface area contributed by atoms with Gasteiger partial charge in [0.2, 0.25) is 0 Å². The fourth-order valence-electron chi connectivity index (χ4n) is 1.48. The van der Waals surface area contributed by atoms with Crippen LogP contribution in [0, 0.1) is 0 Å². The van der Waals surface area contributed by atoms with Crippen molar-refractivity contribution >= 4 is 11.6 Å². The average molecular weight is 246 g/mol. The number of hydrogen-bond donors (Lipinski definition) is 1. The van der Waals surface area contributed by atoms with Crippen LogP contribution in [0.3, 0.4) is 0 Å². The molecule has 0 aliphatic carbocycles. The van der Waals surface area contributed by atoms with Crippen LogP contribution in [0.5, 0.6) is 0 Å². The van der Waals surface area contributed by atoms with Crippen LogP contribution in [0.15, 0.2) is 35.3 Å². The smallest absolute Gasteiger partial charge is 0.131 e. The summed E-state index contributed by atoms with van der Waals surface area (Å²) in [6, 6.07) is 9.99. The predicted molar refractivity (Wildman–Crippen MR) is 76.0 cm³/mol. The fraction of sp³-hybridized carbons (Fsp3) is 0.467. The number of hydrogen-bond acceptors (Lipinski definition) is 2. The summed E-state index contributed by atoms with van der Waals surface area (Å²) in [6.45, 7) is 8.40. The van der Waals surface area contributed by atoms with Crippen molar-refractivity contribution in [2.75, 3.05) is 6.54 Å². The van der Waals surface area contributed by atoms with E-state index < -0.39 is 0 Å². The fourth-order valence-corrected chi connectivity index (χ4v) is 1.48. The SMILES string of the molecule is CC(=O)CCN=C(NC(C)(C)C)c1ccccc1. The predicted octanol–water partition coefficient (Wildman–Crippen LogP) is 2.80. The Morgan fingerprint density at radius 1 is 1.22 bits per heavy atom. The standard InChI is InChI=1S/C15H22N2O/c1-12(18)10-11-16-14(17-15(2,3)4)13-8-6-5-7-9-13/h5-9H,10-11H2,1-4H3,(H,16,17). The number of aliphatic imine (C=N–C) groups is 1. The van der Waals surface area contributed by atoms with E-state index in [9.17, 15) is 4.79 Å². The third kappa shape index (κ3) is 5.62. The molecule has 0 bridgehead atoms. The summed E-state index contributed by atoms with van der Waals surface area (Å²) >= 11 is 0. The maximum absolute atomic E-state index is 11.0. The Labute approximate surface area is 109 Å². The van der Waals surface area contributed by atoms with Crippen LogP contribution in [-0.4, -0.2) is 23.7 Å². The molecule has 1 aromatic carbocycles. The summed E-state index contributed by atoms with van der Waals surface area (Å²) in [5.74, 6) is 1.02. The molecule has 3 heteroatoms. The normalized spacial score (nSPS) is 12.3. The van der Waals surface area contributed by atoms with E-state index in [1.165, 1.54) is 0 Å². The molecule has 0 saturated carbocycles. The second-order valence-corrected chi connectivity index (χ2v) is 5.42. The minimum atomic E-state index is -0.0507. The lowest BCUT2D eigenvalue weighted by Gasteiger charge is -2.23. The molecule has 0 saturated heterocycles. The first-order valence-electron chi connectivity index (χ1n) is 6.26. The maximum atomic E-state index is 11.0. The number of ketones is 1. The quantitative estimate of drug-likeness (QED) is 0.655. The van der Waals surface area contributed by atoms with Crippen molar-refractivity contribution in [3.8, 4) is 0 Å². The van der Waals surface area contributed by atoms with Gasteiger partial charge in [0, 0.05) is 24.1 Å². The third-order valence-electron chi connectivity index (χ3n) is 2.27. The molecule has 0 fully saturated rings. The van der Waals surface area contributed by atoms with E-state index in [-0.39, 0.29) is 11.3 Å². The maximum Gasteiger partial charge on any atom is 0.131 e. The molecule has 0 heterocycles. The number of benzene rings is 1. The Balaban J connectivity index is 2.85. The highest BCUT2D eigenvalue weighted by Crippen LogP contribution is 2.06. The number of nitrogens with one attached hydrogen (secondary N) is 1. The molecule has 0 aromatic heterocycles. The van der Waals surface area contributed by atoms with E-state index in [4.69, 9.17) is 0 Å². The number of amidine groups is 1. The largest absolute Gasteiger partial charge is 0.365 e. The molecule has 0 radical (unpaired) electrons. The van der Waals surface area contributed by atoms with Gasteiger partial charge in [0.25, 0.3) is 0 Å². The molecule has 3 nitrogen and oxygen atoms in total. The Hall–Kier alpha value is -1.64. The van der Waals surface area contributed by atoms with Crippen molar-refractivity contribution in [1.82, 2.24) is 5.32 Å². The Morgan fingerprint density at radius 3 is 2.33 bits per heavy atom. The van der Waals surface area contributed by atoms with Gasteiger partial charge in [-0.15, -0.1) is 0 Å². The zero-order valence-corrected chi connectivity index (χ0v) is 11.7. The van der Waals surface area contributed by atoms with Crippen LogP contribution in [0.1, 0.15) is 39.7 Å². The molecule has 1 aromatic rings. The summed E-state index contributed by atoms with van der Waals surface area (Å²) in [7, 11) is 0. The van der Waals surface area contributed by atoms with Crippen LogP contribution in [0.2, 0.25) is 0 Å². The molecule has 0 atom stereocenters. The van der Waals surface area contributed by atoms with Crippen molar-refractivity contribution in [3.05, 3.63) is 35.9 Å². The highest BCUT2D eigenvalue weighted by molar-refractivity contribution is 5.99. The van der Waals surface area contributed by atoms with Crippen LogP contribution >= 0.6 is 0 Å². The van der Waals surface area contributed by atoms with Crippen LogP contribution in [-0.2, 0) is 4.79 Å². The van der Waals surface area contributed by atoms with Crippen molar-refractivity contribution < 1.29 is 4.79 Å². The molecule has 0 unspecified atom stereocenters. The Kier molecular flexibility index (Phi) is 5.08. The molecule has 0 spiro atoms. The van der Waals surface area contributed by atoms with Crippen molar-refractivity contribution in [2.45, 2.75) is 39.7 Å². The van der Waals surface area contributed by atoms with Gasteiger partial charge in [-0.05, 0) is 27.7 Å². The van der Waals surface area contributed by atoms with Crippen LogP contribution in [0.4, 0.5) is 0 Å². The topological polar surface area (TPSA) is 41.5 Å². The lowest BCUT2D eigenvalue weighted by atomic mass is 10.1. The zero-order chi connectivity index (χ0) is 13.6. The lowest BCUT2D eigenvalue weighted by molar-refractivity contribution is -0.116. The van der Waals surface area contributed by atoms with Gasteiger partial charge in [0.1, 0.15) is 11.6 Å². The van der Waals surface area contributed by atoms with E-state index in [0.29, 0.717) is 13.0 Å². The summed E-state index contributed by atoms with van der Waals surface area (Å²) in [5, 5.41) is 3.38. The number of nitrogens with zero attached hydrogens (tertiary/aromatic N) is 1. The summed E-state index contributed by atoms with van der Waals surface area (Å²) in [4.78, 5) is 15.5. The third-order valence-corrected chi connectivity index (χ3v) is 2.27. The molecule has 18 heavy (non-hydrogen) atoms. The summed E-state index contributed by atoms with van der Waals surface area (Å²) in [6.07, 6.45) is 0.488. The molecule has 1 rings (SSSR count). The number of Topliss-reactive ketones (excluding diaryl/α,β-unsaturated/α-hetero) is 1. The van der Waals surface area contributed by atoms with Gasteiger partial charge >= 0.3 is 0 Å². The number of carbonyl (C=O) groups excluding carboxylic acids is 1. The number of rotatable bonds is 4. The molecular formula is C15H22N2O. The van der Waals surface area contributed by atoms with E-state index in [1.54, 1.807) is 6.92 Å². The second kappa shape index (κ2) is 6.34. The molecule has 0 aliphatic rings. The molecule has 0 amide bonds. The lowest BCUT2D eigenvalue weighted by Crippen LogP contribution is -2.41. The monoisotopic (exact) mass is 246 g/mol. The van der Waals surface area contributed by atoms with Crippen LogP contribution in [0.25, 0.3) is 0 Å². The van der Waals surface area contributed by atoms with Gasteiger partial charge in [0.05, 0.1) is 0 Å². The highest BCUT2D eigenvalue weighted by atomic mass is 16.1. The first-order valence-corrected chi connectivity index (χ1v) is 6.26. The van der Waals surface area contributed by atoms with E-state index in [1.807, 2.05) is 30.3 Å². The molecule has 98 valence electrons. The second-order valence-electron chi connectivity index (χ2n) is 5.42.